The quantitative estimate of drug-likeness (QED) is 0.195. The molecule has 6 rings (SSSR count). The highest BCUT2D eigenvalue weighted by Crippen LogP contribution is 2.30. The van der Waals surface area contributed by atoms with E-state index >= 15 is 0 Å². The molecule has 204 valence electrons. The third-order valence-electron chi connectivity index (χ3n) is 6.32. The van der Waals surface area contributed by atoms with Crippen molar-refractivity contribution in [3.63, 3.8) is 0 Å². The van der Waals surface area contributed by atoms with Crippen molar-refractivity contribution in [3.8, 4) is 0 Å². The lowest BCUT2D eigenvalue weighted by molar-refractivity contribution is 0.0971. The molecule has 0 spiro atoms. The first-order valence-electron chi connectivity index (χ1n) is 12.8. The average Bonchev–Trinajstić information content (AvgIpc) is 3.60. The Hall–Kier alpha value is -4.81. The van der Waals surface area contributed by atoms with Crippen molar-refractivity contribution < 1.29 is 9.53 Å². The molecule has 0 saturated heterocycles. The number of carbonyl (C=O) groups excluding carboxylic acids is 1. The molecule has 2 aromatic heterocycles. The van der Waals surface area contributed by atoms with Crippen LogP contribution in [0.4, 0.5) is 5.69 Å². The van der Waals surface area contributed by atoms with Gasteiger partial charge in [-0.15, -0.1) is 11.3 Å². The average molecular weight is 556 g/mol. The number of H-pyrrole nitrogens is 1. The van der Waals surface area contributed by atoms with Crippen molar-refractivity contribution in [1.29, 1.82) is 0 Å². The number of benzene rings is 2. The summed E-state index contributed by atoms with van der Waals surface area (Å²) in [5.41, 5.74) is 9.20. The Bertz CT molecular complexity index is 1680. The molecule has 0 saturated carbocycles. The Kier molecular flexibility index (Phi) is 7.08. The number of amides is 1. The Labute approximate surface area is 234 Å². The first-order chi connectivity index (χ1) is 19.5. The smallest absolute Gasteiger partial charge is 0.265 e. The van der Waals surface area contributed by atoms with E-state index in [0.717, 1.165) is 38.8 Å². The predicted octanol–water partition coefficient (Wildman–Crippen LogP) is 3.50. The van der Waals surface area contributed by atoms with Crippen LogP contribution in [0.15, 0.2) is 89.8 Å². The summed E-state index contributed by atoms with van der Waals surface area (Å²) < 4.78 is 7.07. The molecule has 1 atom stereocenters. The number of anilines is 1. The number of aromatic amines is 1. The summed E-state index contributed by atoms with van der Waals surface area (Å²) in [7, 11) is 4.02. The fraction of sp³-hybridized carbons (Fsp3) is 0.179. The van der Waals surface area contributed by atoms with E-state index in [1.54, 1.807) is 24.7 Å². The number of nitrogens with one attached hydrogen (secondary N) is 6. The number of hydrogen-bond donors (Lipinski definition) is 6. The first-order valence-corrected chi connectivity index (χ1v) is 13.6. The maximum Gasteiger partial charge on any atom is 0.265 e. The summed E-state index contributed by atoms with van der Waals surface area (Å²) in [5.74, 6) is 1.16. The minimum Gasteiger partial charge on any atom is -0.478 e. The number of aliphatic imine (C=N–C) groups is 1. The molecule has 40 heavy (non-hydrogen) atoms. The molecule has 1 unspecified atom stereocenters. The van der Waals surface area contributed by atoms with Gasteiger partial charge in [0.05, 0.1) is 22.3 Å². The van der Waals surface area contributed by atoms with Gasteiger partial charge < -0.3 is 36.4 Å². The third-order valence-corrected chi connectivity index (χ3v) is 7.42. The number of nitrogens with zero attached hydrogens (tertiary/aromatic N) is 3. The van der Waals surface area contributed by atoms with Crippen LogP contribution in [0.25, 0.3) is 21.0 Å². The Morgan fingerprint density at radius 1 is 1.12 bits per heavy atom. The number of ether oxygens (including phenoxy) is 1. The maximum atomic E-state index is 12.8. The minimum absolute atomic E-state index is 0.156. The van der Waals surface area contributed by atoms with Gasteiger partial charge in [-0.2, -0.15) is 5.10 Å². The van der Waals surface area contributed by atoms with Crippen LogP contribution in [0.5, 0.6) is 0 Å². The zero-order chi connectivity index (χ0) is 27.5. The molecule has 0 bridgehead atoms. The van der Waals surface area contributed by atoms with E-state index in [-0.39, 0.29) is 12.1 Å². The molecular formula is C28H29N9O2S. The van der Waals surface area contributed by atoms with Gasteiger partial charge in [-0.1, -0.05) is 12.1 Å². The molecule has 0 radical (unpaired) electrons. The molecule has 2 aromatic carbocycles. The van der Waals surface area contributed by atoms with Crippen molar-refractivity contribution in [2.45, 2.75) is 6.17 Å². The zero-order valence-corrected chi connectivity index (χ0v) is 22.8. The molecule has 0 fully saturated rings. The number of likely N-dealkylation sites (N-methyl/N-ethyl adjacent to an activating group) is 1. The monoisotopic (exact) mass is 555 g/mol. The molecule has 0 aliphatic carbocycles. The molecule has 4 aromatic rings. The summed E-state index contributed by atoms with van der Waals surface area (Å²) >= 11 is 1.44. The van der Waals surface area contributed by atoms with E-state index < -0.39 is 0 Å². The molecule has 6 N–H and O–H groups in total. The molecule has 12 heteroatoms. The van der Waals surface area contributed by atoms with E-state index in [4.69, 9.17) is 9.73 Å². The lowest BCUT2D eigenvalue weighted by atomic mass is 10.1. The second-order valence-corrected chi connectivity index (χ2v) is 10.7. The SMILES string of the molecule is CN(C)CCOC1=CC(Nc2ccc3[nH]ncc3c2)=NC(c2ccc3cc(C(=O)NC4=CNNC=C4)sc3c2)N1. The van der Waals surface area contributed by atoms with Gasteiger partial charge in [-0.05, 0) is 61.5 Å². The maximum absolute atomic E-state index is 12.8. The van der Waals surface area contributed by atoms with E-state index in [1.807, 2.05) is 56.6 Å². The molecular weight excluding hydrogens is 526 g/mol. The Balaban J connectivity index is 1.24. The van der Waals surface area contributed by atoms with Crippen LogP contribution in [0, 0.1) is 0 Å². The summed E-state index contributed by atoms with van der Waals surface area (Å²) in [5, 5.41) is 18.8. The van der Waals surface area contributed by atoms with Crippen LogP contribution in [0.3, 0.4) is 0 Å². The summed E-state index contributed by atoms with van der Waals surface area (Å²) in [4.78, 5) is 20.5. The number of aromatic nitrogens is 2. The van der Waals surface area contributed by atoms with Crippen LogP contribution in [0.1, 0.15) is 21.4 Å². The number of hydrogen-bond acceptors (Lipinski definition) is 10. The van der Waals surface area contributed by atoms with Crippen molar-refractivity contribution in [2.24, 2.45) is 4.99 Å². The van der Waals surface area contributed by atoms with Crippen LogP contribution in [-0.4, -0.2) is 54.1 Å². The van der Waals surface area contributed by atoms with E-state index in [1.165, 1.54) is 11.3 Å². The number of rotatable bonds is 8. The van der Waals surface area contributed by atoms with Gasteiger partial charge in [0.25, 0.3) is 5.91 Å². The highest BCUT2D eigenvalue weighted by molar-refractivity contribution is 7.20. The summed E-state index contributed by atoms with van der Waals surface area (Å²) in [6, 6.07) is 14.0. The number of carbonyl (C=O) groups is 1. The molecule has 4 heterocycles. The second kappa shape index (κ2) is 11.1. The molecule has 2 aliphatic rings. The van der Waals surface area contributed by atoms with E-state index in [9.17, 15) is 4.79 Å². The van der Waals surface area contributed by atoms with Gasteiger partial charge in [0.1, 0.15) is 18.6 Å². The van der Waals surface area contributed by atoms with E-state index in [2.05, 4.69) is 48.0 Å². The van der Waals surface area contributed by atoms with E-state index in [0.29, 0.717) is 28.9 Å². The van der Waals surface area contributed by atoms with Gasteiger partial charge in [0.15, 0.2) is 5.88 Å². The molecule has 2 aliphatic heterocycles. The largest absolute Gasteiger partial charge is 0.478 e. The van der Waals surface area contributed by atoms with Crippen LogP contribution >= 0.6 is 11.3 Å². The number of hydrazine groups is 1. The van der Waals surface area contributed by atoms with Gasteiger partial charge in [-0.25, -0.2) is 4.99 Å². The van der Waals surface area contributed by atoms with Crippen LogP contribution in [0.2, 0.25) is 0 Å². The highest BCUT2D eigenvalue weighted by atomic mass is 32.1. The lowest BCUT2D eigenvalue weighted by Crippen LogP contribution is -2.30. The number of fused-ring (bicyclic) bond motifs is 2. The standard InChI is InChI=1S/C28H29N9O2S/c1-37(2)9-10-39-26-14-25(32-20-5-6-22-19(11-20)15-31-36-22)34-27(35-26)18-4-3-17-12-24(40-23(17)13-18)28(38)33-21-7-8-29-30-16-21/h3-8,11-16,27,29-30,35H,9-10H2,1-2H3,(H,31,36)(H,32,34)(H,33,38). The van der Waals surface area contributed by atoms with Crippen molar-refractivity contribution >= 4 is 49.8 Å². The van der Waals surface area contributed by atoms with Gasteiger partial charge in [0.2, 0.25) is 0 Å². The number of thiophene rings is 1. The van der Waals surface area contributed by atoms with Crippen LogP contribution < -0.4 is 26.8 Å². The minimum atomic E-state index is -0.376. The topological polar surface area (TPSA) is 131 Å². The third kappa shape index (κ3) is 5.77. The molecule has 1 amide bonds. The highest BCUT2D eigenvalue weighted by Gasteiger charge is 2.20. The van der Waals surface area contributed by atoms with Crippen molar-refractivity contribution in [1.82, 2.24) is 36.6 Å². The number of allylic oxidation sites excluding steroid dienone is 1. The fourth-order valence-corrected chi connectivity index (χ4v) is 5.28. The molecule has 11 nitrogen and oxygen atoms in total. The Morgan fingerprint density at radius 3 is 2.90 bits per heavy atom. The number of amidine groups is 1. The first kappa shape index (κ1) is 25.5. The van der Waals surface area contributed by atoms with Gasteiger partial charge >= 0.3 is 0 Å². The normalized spacial score (nSPS) is 16.5. The summed E-state index contributed by atoms with van der Waals surface area (Å²) in [6.45, 7) is 1.32. The van der Waals surface area contributed by atoms with Gasteiger partial charge in [0, 0.05) is 40.8 Å². The Morgan fingerprint density at radius 2 is 2.05 bits per heavy atom. The predicted molar refractivity (Wildman–Crippen MR) is 158 cm³/mol. The lowest BCUT2D eigenvalue weighted by Gasteiger charge is -2.25. The van der Waals surface area contributed by atoms with Gasteiger partial charge in [-0.3, -0.25) is 9.89 Å². The van der Waals surface area contributed by atoms with Crippen molar-refractivity contribution in [3.05, 3.63) is 95.2 Å². The van der Waals surface area contributed by atoms with Crippen molar-refractivity contribution in [2.75, 3.05) is 32.6 Å². The summed E-state index contributed by atoms with van der Waals surface area (Å²) in [6.07, 6.45) is 8.49. The second-order valence-electron chi connectivity index (χ2n) is 9.60. The fourth-order valence-electron chi connectivity index (χ4n) is 4.27. The van der Waals surface area contributed by atoms with Crippen LogP contribution in [-0.2, 0) is 4.74 Å². The zero-order valence-electron chi connectivity index (χ0n) is 22.0.